The van der Waals surface area contributed by atoms with Crippen LogP contribution in [0.5, 0.6) is 0 Å². The summed E-state index contributed by atoms with van der Waals surface area (Å²) in [6.07, 6.45) is 0. The molecular weight excluding hydrogens is 252 g/mol. The van der Waals surface area contributed by atoms with Crippen LogP contribution in [0.1, 0.15) is 27.7 Å². The van der Waals surface area contributed by atoms with Crippen LogP contribution in [-0.4, -0.2) is 11.5 Å². The van der Waals surface area contributed by atoms with E-state index < -0.39 is 4.92 Å². The molecule has 5 heteroatoms. The second-order valence-corrected chi connectivity index (χ2v) is 6.00. The number of nitro groups is 1. The molecule has 100 valence electrons. The van der Waals surface area contributed by atoms with Crippen LogP contribution < -0.4 is 5.32 Å². The molecule has 0 saturated heterocycles. The minimum Gasteiger partial charge on any atom is -0.379 e. The molecule has 4 nitrogen and oxygen atoms in total. The van der Waals surface area contributed by atoms with E-state index in [1.54, 1.807) is 6.07 Å². The van der Waals surface area contributed by atoms with Gasteiger partial charge in [0, 0.05) is 17.6 Å². The Labute approximate surface area is 112 Å². The van der Waals surface area contributed by atoms with E-state index in [1.807, 2.05) is 0 Å². The van der Waals surface area contributed by atoms with Crippen molar-refractivity contribution in [3.05, 3.63) is 33.3 Å². The van der Waals surface area contributed by atoms with Gasteiger partial charge in [-0.05, 0) is 23.5 Å². The van der Waals surface area contributed by atoms with Gasteiger partial charge in [-0.25, -0.2) is 0 Å². The van der Waals surface area contributed by atoms with Gasteiger partial charge in [0.05, 0.1) is 4.92 Å². The summed E-state index contributed by atoms with van der Waals surface area (Å²) in [6, 6.07) is 4.54. The first-order chi connectivity index (χ1) is 8.21. The van der Waals surface area contributed by atoms with Crippen LogP contribution in [0.25, 0.3) is 0 Å². The molecule has 1 atom stereocenters. The Kier molecular flexibility index (Phi) is 4.57. The zero-order chi connectivity index (χ0) is 13.9. The van der Waals surface area contributed by atoms with Crippen molar-refractivity contribution in [3.63, 3.8) is 0 Å². The smallest absolute Gasteiger partial charge is 0.292 e. The summed E-state index contributed by atoms with van der Waals surface area (Å²) in [5.74, 6) is 0.385. The van der Waals surface area contributed by atoms with Gasteiger partial charge in [-0.15, -0.1) is 0 Å². The summed E-state index contributed by atoms with van der Waals surface area (Å²) in [5, 5.41) is 14.5. The predicted molar refractivity (Wildman–Crippen MR) is 75.2 cm³/mol. The van der Waals surface area contributed by atoms with Crippen LogP contribution in [0.2, 0.25) is 5.02 Å². The van der Waals surface area contributed by atoms with E-state index in [-0.39, 0.29) is 11.1 Å². The molecule has 0 amide bonds. The predicted octanol–water partition coefficient (Wildman–Crippen LogP) is 4.34. The van der Waals surface area contributed by atoms with Crippen LogP contribution in [-0.2, 0) is 0 Å². The number of hydrogen-bond acceptors (Lipinski definition) is 3. The Morgan fingerprint density at radius 2 is 2.06 bits per heavy atom. The lowest BCUT2D eigenvalue weighted by Crippen LogP contribution is -2.25. The summed E-state index contributed by atoms with van der Waals surface area (Å²) < 4.78 is 0. The zero-order valence-electron chi connectivity index (χ0n) is 11.2. The third kappa shape index (κ3) is 3.88. The highest BCUT2D eigenvalue weighted by atomic mass is 35.5. The van der Waals surface area contributed by atoms with Gasteiger partial charge in [-0.2, -0.15) is 0 Å². The maximum atomic E-state index is 10.9. The summed E-state index contributed by atoms with van der Waals surface area (Å²) in [7, 11) is 0. The van der Waals surface area contributed by atoms with Crippen molar-refractivity contribution in [2.24, 2.45) is 11.3 Å². The van der Waals surface area contributed by atoms with E-state index in [2.05, 4.69) is 33.0 Å². The largest absolute Gasteiger partial charge is 0.379 e. The molecule has 0 aliphatic heterocycles. The minimum absolute atomic E-state index is 0.0560. The van der Waals surface area contributed by atoms with Gasteiger partial charge in [-0.3, -0.25) is 10.1 Å². The first kappa shape index (κ1) is 14.8. The van der Waals surface area contributed by atoms with Gasteiger partial charge in [0.15, 0.2) is 0 Å². The number of nitrogens with zero attached hydrogens (tertiary/aromatic N) is 1. The Hall–Kier alpha value is -1.29. The highest BCUT2D eigenvalue weighted by Gasteiger charge is 2.21. The Balaban J connectivity index is 2.84. The molecule has 1 aromatic carbocycles. The van der Waals surface area contributed by atoms with Crippen LogP contribution in [0.3, 0.4) is 0 Å². The lowest BCUT2D eigenvalue weighted by molar-refractivity contribution is -0.384. The molecule has 0 spiro atoms. The van der Waals surface area contributed by atoms with Gasteiger partial charge >= 0.3 is 0 Å². The van der Waals surface area contributed by atoms with Crippen LogP contribution in [0.4, 0.5) is 11.4 Å². The summed E-state index contributed by atoms with van der Waals surface area (Å²) in [5.41, 5.74) is 0.685. The van der Waals surface area contributed by atoms with E-state index >= 15 is 0 Å². The molecule has 0 aliphatic carbocycles. The number of halogens is 1. The molecule has 1 aromatic rings. The first-order valence-electron chi connectivity index (χ1n) is 5.89. The molecule has 0 saturated carbocycles. The monoisotopic (exact) mass is 270 g/mol. The van der Waals surface area contributed by atoms with Crippen molar-refractivity contribution in [1.82, 2.24) is 0 Å². The summed E-state index contributed by atoms with van der Waals surface area (Å²) in [4.78, 5) is 10.5. The van der Waals surface area contributed by atoms with Gasteiger partial charge in [0.1, 0.15) is 5.69 Å². The fourth-order valence-corrected chi connectivity index (χ4v) is 1.55. The first-order valence-corrected chi connectivity index (χ1v) is 6.27. The average Bonchev–Trinajstić information content (AvgIpc) is 2.24. The molecule has 1 N–H and O–H groups in total. The van der Waals surface area contributed by atoms with E-state index in [4.69, 9.17) is 11.6 Å². The molecule has 0 radical (unpaired) electrons. The highest BCUT2D eigenvalue weighted by Crippen LogP contribution is 2.30. The number of nitrogens with one attached hydrogen (secondary N) is 1. The van der Waals surface area contributed by atoms with Crippen LogP contribution in [0, 0.1) is 21.4 Å². The van der Waals surface area contributed by atoms with Crippen molar-refractivity contribution in [1.29, 1.82) is 0 Å². The Bertz CT molecular complexity index is 441. The number of hydrogen-bond donors (Lipinski definition) is 1. The fraction of sp³-hybridized carbons (Fsp3) is 0.538. The summed E-state index contributed by atoms with van der Waals surface area (Å²) >= 11 is 5.86. The molecule has 1 unspecified atom stereocenters. The second kappa shape index (κ2) is 5.57. The standard InChI is InChI=1S/C13H19ClN2O2/c1-9(13(2,3)4)8-15-11-7-10(14)5-6-12(11)16(17)18/h5-7,9,15H,8H2,1-4H3. The van der Waals surface area contributed by atoms with E-state index in [1.165, 1.54) is 12.1 Å². The summed E-state index contributed by atoms with van der Waals surface area (Å²) in [6.45, 7) is 9.22. The number of rotatable bonds is 4. The molecule has 1 rings (SSSR count). The van der Waals surface area contributed by atoms with Crippen molar-refractivity contribution < 1.29 is 4.92 Å². The quantitative estimate of drug-likeness (QED) is 0.654. The fourth-order valence-electron chi connectivity index (χ4n) is 1.38. The normalized spacial score (nSPS) is 13.2. The Morgan fingerprint density at radius 1 is 1.44 bits per heavy atom. The molecule has 0 aliphatic rings. The third-order valence-electron chi connectivity index (χ3n) is 3.23. The van der Waals surface area contributed by atoms with E-state index in [9.17, 15) is 10.1 Å². The maximum Gasteiger partial charge on any atom is 0.292 e. The highest BCUT2D eigenvalue weighted by molar-refractivity contribution is 6.31. The lowest BCUT2D eigenvalue weighted by atomic mass is 9.82. The van der Waals surface area contributed by atoms with Crippen LogP contribution in [0.15, 0.2) is 18.2 Å². The molecule has 0 fully saturated rings. The second-order valence-electron chi connectivity index (χ2n) is 5.57. The van der Waals surface area contributed by atoms with Gasteiger partial charge in [0.25, 0.3) is 5.69 Å². The average molecular weight is 271 g/mol. The van der Waals surface area contributed by atoms with Crippen molar-refractivity contribution >= 4 is 23.0 Å². The molecular formula is C13H19ClN2O2. The van der Waals surface area contributed by atoms with Gasteiger partial charge in [-0.1, -0.05) is 39.3 Å². The van der Waals surface area contributed by atoms with Gasteiger partial charge in [0.2, 0.25) is 0 Å². The van der Waals surface area contributed by atoms with Crippen LogP contribution >= 0.6 is 11.6 Å². The minimum atomic E-state index is -0.402. The molecule has 18 heavy (non-hydrogen) atoms. The van der Waals surface area contributed by atoms with Crippen molar-refractivity contribution in [2.45, 2.75) is 27.7 Å². The SMILES string of the molecule is CC(CNc1cc(Cl)ccc1[N+](=O)[O-])C(C)(C)C. The topological polar surface area (TPSA) is 55.2 Å². The molecule has 0 bridgehead atoms. The van der Waals surface area contributed by atoms with Crippen molar-refractivity contribution in [2.75, 3.05) is 11.9 Å². The molecule has 0 heterocycles. The number of anilines is 1. The Morgan fingerprint density at radius 3 is 2.56 bits per heavy atom. The zero-order valence-corrected chi connectivity index (χ0v) is 11.9. The van der Waals surface area contributed by atoms with Crippen molar-refractivity contribution in [3.8, 4) is 0 Å². The van der Waals surface area contributed by atoms with Gasteiger partial charge < -0.3 is 5.32 Å². The number of benzene rings is 1. The molecule has 0 aromatic heterocycles. The van der Waals surface area contributed by atoms with E-state index in [0.717, 1.165) is 0 Å². The lowest BCUT2D eigenvalue weighted by Gasteiger charge is -2.27. The maximum absolute atomic E-state index is 10.9. The third-order valence-corrected chi connectivity index (χ3v) is 3.47. The van der Waals surface area contributed by atoms with E-state index in [0.29, 0.717) is 23.2 Å². The number of nitro benzene ring substituents is 1.